The standard InChI is InChI=1S/C14H18O4/c1-3-17-13(15)11-9-7-5-6-8-10-12-14(16)18-4-2/h5-12H,3-4H2,1-2H3/b7-5-,8-6+,11-9+,12-10+. The van der Waals surface area contributed by atoms with E-state index in [0.29, 0.717) is 13.2 Å². The van der Waals surface area contributed by atoms with Gasteiger partial charge in [0.15, 0.2) is 0 Å². The van der Waals surface area contributed by atoms with E-state index in [1.807, 2.05) is 0 Å². The lowest BCUT2D eigenvalue weighted by Crippen LogP contribution is -1.98. The molecular weight excluding hydrogens is 232 g/mol. The van der Waals surface area contributed by atoms with Crippen molar-refractivity contribution in [2.45, 2.75) is 13.8 Å². The van der Waals surface area contributed by atoms with Crippen LogP contribution in [0.1, 0.15) is 13.8 Å². The van der Waals surface area contributed by atoms with Crippen molar-refractivity contribution in [2.24, 2.45) is 0 Å². The summed E-state index contributed by atoms with van der Waals surface area (Å²) in [5, 5.41) is 0. The zero-order valence-electron chi connectivity index (χ0n) is 10.7. The van der Waals surface area contributed by atoms with Crippen LogP contribution in [0.4, 0.5) is 0 Å². The molecule has 0 unspecified atom stereocenters. The Kier molecular flexibility index (Phi) is 10.1. The second-order valence-electron chi connectivity index (χ2n) is 2.99. The maximum absolute atomic E-state index is 10.9. The van der Waals surface area contributed by atoms with Crippen LogP contribution < -0.4 is 0 Å². The van der Waals surface area contributed by atoms with Crippen molar-refractivity contribution in [3.8, 4) is 0 Å². The number of carbonyl (C=O) groups is 2. The lowest BCUT2D eigenvalue weighted by molar-refractivity contribution is -0.138. The Morgan fingerprint density at radius 1 is 0.722 bits per heavy atom. The van der Waals surface area contributed by atoms with Gasteiger partial charge in [-0.3, -0.25) is 0 Å². The molecule has 0 saturated carbocycles. The van der Waals surface area contributed by atoms with Gasteiger partial charge in [-0.2, -0.15) is 0 Å². The second-order valence-corrected chi connectivity index (χ2v) is 2.99. The van der Waals surface area contributed by atoms with Crippen LogP contribution in [-0.4, -0.2) is 25.2 Å². The number of esters is 2. The van der Waals surface area contributed by atoms with Gasteiger partial charge >= 0.3 is 11.9 Å². The average Bonchev–Trinajstić information content (AvgIpc) is 2.33. The van der Waals surface area contributed by atoms with Crippen molar-refractivity contribution < 1.29 is 19.1 Å². The van der Waals surface area contributed by atoms with Crippen LogP contribution in [0.5, 0.6) is 0 Å². The average molecular weight is 250 g/mol. The van der Waals surface area contributed by atoms with Crippen molar-refractivity contribution in [3.05, 3.63) is 48.6 Å². The zero-order valence-corrected chi connectivity index (χ0v) is 10.7. The van der Waals surface area contributed by atoms with Gasteiger partial charge in [0.2, 0.25) is 0 Å². The number of hydrogen-bond acceptors (Lipinski definition) is 4. The van der Waals surface area contributed by atoms with E-state index in [-0.39, 0.29) is 11.9 Å². The van der Waals surface area contributed by atoms with Gasteiger partial charge in [0, 0.05) is 12.2 Å². The molecule has 98 valence electrons. The van der Waals surface area contributed by atoms with Gasteiger partial charge in [0.05, 0.1) is 13.2 Å². The first-order valence-electron chi connectivity index (χ1n) is 5.72. The lowest BCUT2D eigenvalue weighted by Gasteiger charge is -1.92. The normalized spacial score (nSPS) is 11.9. The molecule has 0 N–H and O–H groups in total. The molecular formula is C14H18O4. The molecule has 0 aromatic rings. The maximum atomic E-state index is 10.9. The summed E-state index contributed by atoms with van der Waals surface area (Å²) >= 11 is 0. The Morgan fingerprint density at radius 2 is 1.06 bits per heavy atom. The van der Waals surface area contributed by atoms with E-state index in [2.05, 4.69) is 0 Å². The summed E-state index contributed by atoms with van der Waals surface area (Å²) in [5.74, 6) is -0.735. The van der Waals surface area contributed by atoms with Crippen molar-refractivity contribution >= 4 is 11.9 Å². The SMILES string of the molecule is CCOC(=O)/C=C/C=C\C=C\C=C\C(=O)OCC. The highest BCUT2D eigenvalue weighted by Crippen LogP contribution is 1.86. The Labute approximate surface area is 107 Å². The number of hydrogen-bond donors (Lipinski definition) is 0. The molecule has 0 spiro atoms. The Balaban J connectivity index is 3.88. The fourth-order valence-corrected chi connectivity index (χ4v) is 0.906. The van der Waals surface area contributed by atoms with Crippen LogP contribution in [0.2, 0.25) is 0 Å². The van der Waals surface area contributed by atoms with E-state index >= 15 is 0 Å². The molecule has 0 saturated heterocycles. The van der Waals surface area contributed by atoms with Crippen molar-refractivity contribution in [1.29, 1.82) is 0 Å². The lowest BCUT2D eigenvalue weighted by atomic mass is 10.4. The fourth-order valence-electron chi connectivity index (χ4n) is 0.906. The summed E-state index contributed by atoms with van der Waals surface area (Å²) in [6, 6.07) is 0. The quantitative estimate of drug-likeness (QED) is 0.395. The third-order valence-electron chi connectivity index (χ3n) is 1.59. The number of rotatable bonds is 7. The summed E-state index contributed by atoms with van der Waals surface area (Å²) in [6.07, 6.45) is 12.7. The van der Waals surface area contributed by atoms with Crippen LogP contribution >= 0.6 is 0 Å². The zero-order chi connectivity index (χ0) is 13.6. The van der Waals surface area contributed by atoms with Crippen molar-refractivity contribution in [1.82, 2.24) is 0 Å². The van der Waals surface area contributed by atoms with Crippen molar-refractivity contribution in [3.63, 3.8) is 0 Å². The summed E-state index contributed by atoms with van der Waals surface area (Å²) in [5.41, 5.74) is 0. The minimum Gasteiger partial charge on any atom is -0.463 e. The number of carbonyl (C=O) groups excluding carboxylic acids is 2. The molecule has 0 aliphatic rings. The molecule has 0 aliphatic carbocycles. The molecule has 0 aromatic carbocycles. The predicted molar refractivity (Wildman–Crippen MR) is 69.8 cm³/mol. The Hall–Kier alpha value is -2.10. The minimum atomic E-state index is -0.367. The second kappa shape index (κ2) is 11.4. The van der Waals surface area contributed by atoms with Gasteiger partial charge < -0.3 is 9.47 Å². The molecule has 0 aliphatic heterocycles. The van der Waals surface area contributed by atoms with E-state index in [1.165, 1.54) is 12.2 Å². The monoisotopic (exact) mass is 250 g/mol. The predicted octanol–water partition coefficient (Wildman–Crippen LogP) is 2.34. The van der Waals surface area contributed by atoms with Gasteiger partial charge in [-0.15, -0.1) is 0 Å². The van der Waals surface area contributed by atoms with Crippen LogP contribution in [0.25, 0.3) is 0 Å². The molecule has 0 fully saturated rings. The summed E-state index contributed by atoms with van der Waals surface area (Å²) in [7, 11) is 0. The molecule has 0 amide bonds. The largest absolute Gasteiger partial charge is 0.463 e. The highest BCUT2D eigenvalue weighted by molar-refractivity contribution is 5.82. The first-order chi connectivity index (χ1) is 8.70. The van der Waals surface area contributed by atoms with Crippen LogP contribution in [0, 0.1) is 0 Å². The molecule has 4 nitrogen and oxygen atoms in total. The highest BCUT2D eigenvalue weighted by Gasteiger charge is 1.90. The summed E-state index contributed by atoms with van der Waals surface area (Å²) in [6.45, 7) is 4.23. The molecule has 0 heterocycles. The molecule has 0 aromatic heterocycles. The summed E-state index contributed by atoms with van der Waals surface area (Å²) < 4.78 is 9.39. The third-order valence-corrected chi connectivity index (χ3v) is 1.59. The fraction of sp³-hybridized carbons (Fsp3) is 0.286. The third kappa shape index (κ3) is 10.4. The molecule has 4 heteroatoms. The van der Waals surface area contributed by atoms with E-state index in [1.54, 1.807) is 50.3 Å². The van der Waals surface area contributed by atoms with E-state index in [4.69, 9.17) is 9.47 Å². The Bertz CT molecular complexity index is 326. The number of ether oxygens (including phenoxy) is 2. The van der Waals surface area contributed by atoms with E-state index in [9.17, 15) is 9.59 Å². The topological polar surface area (TPSA) is 52.6 Å². The number of allylic oxidation sites excluding steroid dienone is 6. The van der Waals surface area contributed by atoms with Gasteiger partial charge in [-0.25, -0.2) is 9.59 Å². The first kappa shape index (κ1) is 15.9. The van der Waals surface area contributed by atoms with Crippen LogP contribution in [0.3, 0.4) is 0 Å². The molecule has 0 atom stereocenters. The first-order valence-corrected chi connectivity index (χ1v) is 5.72. The molecule has 0 radical (unpaired) electrons. The minimum absolute atomic E-state index is 0.367. The molecule has 18 heavy (non-hydrogen) atoms. The summed E-state index contributed by atoms with van der Waals surface area (Å²) in [4.78, 5) is 21.8. The van der Waals surface area contributed by atoms with Crippen LogP contribution in [0.15, 0.2) is 48.6 Å². The molecule has 0 bridgehead atoms. The highest BCUT2D eigenvalue weighted by atomic mass is 16.5. The molecule has 0 rings (SSSR count). The van der Waals surface area contributed by atoms with Crippen LogP contribution in [-0.2, 0) is 19.1 Å². The maximum Gasteiger partial charge on any atom is 0.330 e. The van der Waals surface area contributed by atoms with Gasteiger partial charge in [0.1, 0.15) is 0 Å². The van der Waals surface area contributed by atoms with E-state index in [0.717, 1.165) is 0 Å². The van der Waals surface area contributed by atoms with E-state index < -0.39 is 0 Å². The van der Waals surface area contributed by atoms with Gasteiger partial charge in [0.25, 0.3) is 0 Å². The van der Waals surface area contributed by atoms with Gasteiger partial charge in [-0.05, 0) is 13.8 Å². The van der Waals surface area contributed by atoms with Gasteiger partial charge in [-0.1, -0.05) is 36.5 Å². The smallest absolute Gasteiger partial charge is 0.330 e. The Morgan fingerprint density at radius 3 is 1.39 bits per heavy atom. The van der Waals surface area contributed by atoms with Crippen molar-refractivity contribution in [2.75, 3.05) is 13.2 Å².